The van der Waals surface area contributed by atoms with Crippen molar-refractivity contribution >= 4 is 17.6 Å². The van der Waals surface area contributed by atoms with Gasteiger partial charge in [-0.05, 0) is 19.3 Å². The van der Waals surface area contributed by atoms with Gasteiger partial charge in [-0.15, -0.1) is 0 Å². The van der Waals surface area contributed by atoms with Gasteiger partial charge in [0.25, 0.3) is 0 Å². The highest BCUT2D eigenvalue weighted by molar-refractivity contribution is 5.93. The number of hydrogen-bond acceptors (Lipinski definition) is 3. The van der Waals surface area contributed by atoms with Crippen LogP contribution in [0.15, 0.2) is 0 Å². The summed E-state index contributed by atoms with van der Waals surface area (Å²) in [7, 11) is 0. The predicted octanol–water partition coefficient (Wildman–Crippen LogP) is 1.02. The first-order chi connectivity index (χ1) is 8.41. The van der Waals surface area contributed by atoms with Crippen molar-refractivity contribution in [1.82, 2.24) is 10.6 Å². The smallest absolute Gasteiger partial charge is 0.243 e. The molecular formula is C13H24N2O3. The Balaban J connectivity index is 0.00000137. The standard InChI is InChI=1S/C11H18N2O3.C2H6/c1-6(2)10(7(3)14)13-11(16)8-4-5-9(15)12-8;1-2/h6,8,10H,4-5H2,1-3H3,(H,12,15)(H,13,16);1-2H3. The van der Waals surface area contributed by atoms with E-state index in [2.05, 4.69) is 10.6 Å². The molecule has 18 heavy (non-hydrogen) atoms. The Morgan fingerprint density at radius 1 is 1.33 bits per heavy atom. The fraction of sp³-hybridized carbons (Fsp3) is 0.769. The summed E-state index contributed by atoms with van der Waals surface area (Å²) in [5.41, 5.74) is 0. The molecule has 1 aliphatic rings. The van der Waals surface area contributed by atoms with Crippen LogP contribution in [0.2, 0.25) is 0 Å². The summed E-state index contributed by atoms with van der Waals surface area (Å²) >= 11 is 0. The van der Waals surface area contributed by atoms with Crippen LogP contribution in [0.3, 0.4) is 0 Å². The number of carbonyl (C=O) groups is 3. The summed E-state index contributed by atoms with van der Waals surface area (Å²) < 4.78 is 0. The van der Waals surface area contributed by atoms with E-state index >= 15 is 0 Å². The first-order valence-electron chi connectivity index (χ1n) is 6.52. The second-order valence-electron chi connectivity index (χ2n) is 4.50. The molecule has 0 saturated carbocycles. The third kappa shape index (κ3) is 4.85. The van der Waals surface area contributed by atoms with Gasteiger partial charge in [0.2, 0.25) is 11.8 Å². The van der Waals surface area contributed by atoms with Crippen LogP contribution in [0.5, 0.6) is 0 Å². The molecule has 0 aliphatic carbocycles. The first kappa shape index (κ1) is 16.6. The topological polar surface area (TPSA) is 75.3 Å². The van der Waals surface area contributed by atoms with E-state index in [1.165, 1.54) is 6.92 Å². The highest BCUT2D eigenvalue weighted by Gasteiger charge is 2.30. The summed E-state index contributed by atoms with van der Waals surface area (Å²) in [6, 6.07) is -0.946. The first-order valence-corrected chi connectivity index (χ1v) is 6.52. The highest BCUT2D eigenvalue weighted by atomic mass is 16.2. The summed E-state index contributed by atoms with van der Waals surface area (Å²) in [5, 5.41) is 5.25. The molecule has 1 rings (SSSR count). The fourth-order valence-corrected chi connectivity index (χ4v) is 1.80. The van der Waals surface area contributed by atoms with Gasteiger partial charge in [0.1, 0.15) is 6.04 Å². The monoisotopic (exact) mass is 256 g/mol. The van der Waals surface area contributed by atoms with E-state index in [-0.39, 0.29) is 23.5 Å². The average Bonchev–Trinajstić information content (AvgIpc) is 2.74. The minimum Gasteiger partial charge on any atom is -0.344 e. The van der Waals surface area contributed by atoms with E-state index in [1.807, 2.05) is 27.7 Å². The van der Waals surface area contributed by atoms with Gasteiger partial charge in [-0.3, -0.25) is 14.4 Å². The Hall–Kier alpha value is -1.39. The molecule has 1 saturated heterocycles. The lowest BCUT2D eigenvalue weighted by Crippen LogP contribution is -2.50. The highest BCUT2D eigenvalue weighted by Crippen LogP contribution is 2.09. The van der Waals surface area contributed by atoms with Gasteiger partial charge in [0.15, 0.2) is 5.78 Å². The van der Waals surface area contributed by atoms with Crippen molar-refractivity contribution in [3.05, 3.63) is 0 Å². The number of hydrogen-bond donors (Lipinski definition) is 2. The quantitative estimate of drug-likeness (QED) is 0.788. The molecule has 5 nitrogen and oxygen atoms in total. The van der Waals surface area contributed by atoms with Crippen LogP contribution in [-0.2, 0) is 14.4 Å². The fourth-order valence-electron chi connectivity index (χ4n) is 1.80. The SMILES string of the molecule is CC.CC(=O)C(NC(=O)C1CCC(=O)N1)C(C)C. The molecule has 1 heterocycles. The largest absolute Gasteiger partial charge is 0.344 e. The van der Waals surface area contributed by atoms with Crippen molar-refractivity contribution in [3.63, 3.8) is 0 Å². The van der Waals surface area contributed by atoms with E-state index < -0.39 is 12.1 Å². The third-order valence-electron chi connectivity index (χ3n) is 2.71. The van der Waals surface area contributed by atoms with Gasteiger partial charge in [0.05, 0.1) is 6.04 Å². The van der Waals surface area contributed by atoms with E-state index in [4.69, 9.17) is 0 Å². The molecule has 2 atom stereocenters. The van der Waals surface area contributed by atoms with E-state index in [0.717, 1.165) is 0 Å². The van der Waals surface area contributed by atoms with Crippen LogP contribution in [0.4, 0.5) is 0 Å². The summed E-state index contributed by atoms with van der Waals surface area (Å²) in [6.07, 6.45) is 0.887. The molecule has 5 heteroatoms. The van der Waals surface area contributed by atoms with Crippen molar-refractivity contribution in [1.29, 1.82) is 0 Å². The summed E-state index contributed by atoms with van der Waals surface area (Å²) in [5.74, 6) is -0.380. The van der Waals surface area contributed by atoms with Gasteiger partial charge in [-0.25, -0.2) is 0 Å². The number of Topliss-reactive ketones (excluding diaryl/α,β-unsaturated/α-hetero) is 1. The maximum absolute atomic E-state index is 11.7. The lowest BCUT2D eigenvalue weighted by atomic mass is 10.0. The number of carbonyl (C=O) groups excluding carboxylic acids is 3. The van der Waals surface area contributed by atoms with Crippen LogP contribution in [0.25, 0.3) is 0 Å². The van der Waals surface area contributed by atoms with Crippen molar-refractivity contribution < 1.29 is 14.4 Å². The number of ketones is 1. The van der Waals surface area contributed by atoms with Crippen molar-refractivity contribution in [2.75, 3.05) is 0 Å². The maximum atomic E-state index is 11.7. The van der Waals surface area contributed by atoms with E-state index in [1.54, 1.807) is 0 Å². The molecule has 0 aromatic carbocycles. The van der Waals surface area contributed by atoms with Gasteiger partial charge in [-0.2, -0.15) is 0 Å². The average molecular weight is 256 g/mol. The number of rotatable bonds is 4. The van der Waals surface area contributed by atoms with Crippen LogP contribution in [0, 0.1) is 5.92 Å². The molecule has 2 unspecified atom stereocenters. The molecule has 104 valence electrons. The third-order valence-corrected chi connectivity index (χ3v) is 2.71. The normalized spacial score (nSPS) is 19.7. The summed E-state index contributed by atoms with van der Waals surface area (Å²) in [6.45, 7) is 9.21. The molecular weight excluding hydrogens is 232 g/mol. The van der Waals surface area contributed by atoms with Gasteiger partial charge in [0, 0.05) is 6.42 Å². The van der Waals surface area contributed by atoms with Crippen LogP contribution >= 0.6 is 0 Å². The van der Waals surface area contributed by atoms with E-state index in [9.17, 15) is 14.4 Å². The van der Waals surface area contributed by atoms with Crippen molar-refractivity contribution in [2.45, 2.75) is 59.5 Å². The van der Waals surface area contributed by atoms with Gasteiger partial charge in [-0.1, -0.05) is 27.7 Å². The molecule has 0 aromatic heterocycles. The zero-order valence-corrected chi connectivity index (χ0v) is 11.9. The second kappa shape index (κ2) is 7.84. The molecule has 1 fully saturated rings. The Kier molecular flexibility index (Phi) is 7.24. The van der Waals surface area contributed by atoms with E-state index in [0.29, 0.717) is 12.8 Å². The second-order valence-corrected chi connectivity index (χ2v) is 4.50. The molecule has 0 spiro atoms. The number of amides is 2. The molecule has 0 aromatic rings. The Labute approximate surface area is 109 Å². The molecule has 0 bridgehead atoms. The zero-order chi connectivity index (χ0) is 14.3. The Morgan fingerprint density at radius 2 is 1.89 bits per heavy atom. The lowest BCUT2D eigenvalue weighted by molar-refractivity contribution is -0.129. The molecule has 2 N–H and O–H groups in total. The van der Waals surface area contributed by atoms with Crippen LogP contribution in [0.1, 0.15) is 47.5 Å². The predicted molar refractivity (Wildman–Crippen MR) is 70.0 cm³/mol. The van der Waals surface area contributed by atoms with Crippen molar-refractivity contribution in [3.8, 4) is 0 Å². The van der Waals surface area contributed by atoms with Crippen LogP contribution < -0.4 is 10.6 Å². The minimum atomic E-state index is -0.479. The summed E-state index contributed by atoms with van der Waals surface area (Å²) in [4.78, 5) is 34.0. The van der Waals surface area contributed by atoms with Gasteiger partial charge >= 0.3 is 0 Å². The lowest BCUT2D eigenvalue weighted by Gasteiger charge is -2.21. The Morgan fingerprint density at radius 3 is 2.22 bits per heavy atom. The molecule has 2 amide bonds. The molecule has 0 radical (unpaired) electrons. The zero-order valence-electron chi connectivity index (χ0n) is 11.9. The molecule has 1 aliphatic heterocycles. The number of nitrogens with one attached hydrogen (secondary N) is 2. The Bertz CT molecular complexity index is 313. The van der Waals surface area contributed by atoms with Gasteiger partial charge < -0.3 is 10.6 Å². The van der Waals surface area contributed by atoms with Crippen molar-refractivity contribution in [2.24, 2.45) is 5.92 Å². The minimum absolute atomic E-state index is 0.0542. The van der Waals surface area contributed by atoms with Crippen LogP contribution in [-0.4, -0.2) is 29.7 Å². The maximum Gasteiger partial charge on any atom is 0.243 e.